The molecule has 0 spiro atoms. The topological polar surface area (TPSA) is 68.0 Å². The van der Waals surface area contributed by atoms with Crippen LogP contribution < -0.4 is 11.1 Å². The van der Waals surface area contributed by atoms with E-state index in [9.17, 15) is 22.4 Å². The van der Waals surface area contributed by atoms with Crippen molar-refractivity contribution < 1.29 is 22.4 Å². The van der Waals surface area contributed by atoms with E-state index in [0.29, 0.717) is 6.92 Å². The third-order valence-corrected chi connectivity index (χ3v) is 2.02. The second kappa shape index (κ2) is 4.28. The molecule has 0 aromatic carbocycles. The Morgan fingerprint density at radius 2 is 2.00 bits per heavy atom. The van der Waals surface area contributed by atoms with Crippen LogP contribution in [0.3, 0.4) is 0 Å². The van der Waals surface area contributed by atoms with Crippen LogP contribution in [-0.4, -0.2) is 22.6 Å². The van der Waals surface area contributed by atoms with Gasteiger partial charge in [-0.1, -0.05) is 6.07 Å². The van der Waals surface area contributed by atoms with Crippen molar-refractivity contribution in [3.05, 3.63) is 24.1 Å². The van der Waals surface area contributed by atoms with Crippen molar-refractivity contribution in [1.82, 2.24) is 4.98 Å². The zero-order valence-corrected chi connectivity index (χ0v) is 8.68. The first-order chi connectivity index (χ1) is 7.64. The Kier molecular flexibility index (Phi) is 3.37. The molecule has 1 unspecified atom stereocenters. The van der Waals surface area contributed by atoms with Gasteiger partial charge in [0.05, 0.1) is 0 Å². The number of anilines is 1. The lowest BCUT2D eigenvalue weighted by Gasteiger charge is -2.25. The van der Waals surface area contributed by atoms with Gasteiger partial charge in [-0.25, -0.2) is 4.98 Å². The lowest BCUT2D eigenvalue weighted by Crippen LogP contribution is -2.59. The van der Waals surface area contributed by atoms with E-state index in [2.05, 4.69) is 4.98 Å². The van der Waals surface area contributed by atoms with E-state index in [0.717, 1.165) is 12.1 Å². The zero-order valence-electron chi connectivity index (χ0n) is 8.68. The lowest BCUT2D eigenvalue weighted by atomic mass is 10.0. The Hall–Kier alpha value is -1.70. The minimum absolute atomic E-state index is 0.337. The number of hydrogen-bond donors (Lipinski definition) is 2. The Labute approximate surface area is 93.8 Å². The van der Waals surface area contributed by atoms with Gasteiger partial charge >= 0.3 is 6.18 Å². The third kappa shape index (κ3) is 2.90. The standard InChI is InChI=1S/C9H9F4N3O/c1-8(14,9(11,12)13)7(17)16-6-4-2-3-5(10)15-6/h2-4H,14H2,1H3,(H,15,16,17). The number of amides is 1. The van der Waals surface area contributed by atoms with E-state index in [-0.39, 0.29) is 5.82 Å². The van der Waals surface area contributed by atoms with E-state index < -0.39 is 23.6 Å². The Bertz CT molecular complexity index is 430. The molecular weight excluding hydrogens is 242 g/mol. The molecule has 0 radical (unpaired) electrons. The van der Waals surface area contributed by atoms with Crippen LogP contribution in [0.4, 0.5) is 23.4 Å². The minimum Gasteiger partial charge on any atom is -0.310 e. The van der Waals surface area contributed by atoms with Crippen LogP contribution in [0.25, 0.3) is 0 Å². The molecule has 0 aliphatic heterocycles. The van der Waals surface area contributed by atoms with Gasteiger partial charge in [-0.3, -0.25) is 4.79 Å². The lowest BCUT2D eigenvalue weighted by molar-refractivity contribution is -0.184. The number of nitrogens with two attached hydrogens (primary N) is 1. The SMILES string of the molecule is CC(N)(C(=O)Nc1cccc(F)n1)C(F)(F)F. The van der Waals surface area contributed by atoms with Gasteiger partial charge in [0.1, 0.15) is 5.82 Å². The van der Waals surface area contributed by atoms with Crippen molar-refractivity contribution in [3.63, 3.8) is 0 Å². The molecule has 4 nitrogen and oxygen atoms in total. The van der Waals surface area contributed by atoms with Crippen LogP contribution in [0.2, 0.25) is 0 Å². The third-order valence-electron chi connectivity index (χ3n) is 2.02. The zero-order chi connectivity index (χ0) is 13.3. The molecule has 1 aromatic heterocycles. The summed E-state index contributed by atoms with van der Waals surface area (Å²) >= 11 is 0. The highest BCUT2D eigenvalue weighted by molar-refractivity contribution is 5.97. The highest BCUT2D eigenvalue weighted by Crippen LogP contribution is 2.28. The van der Waals surface area contributed by atoms with Crippen LogP contribution in [0, 0.1) is 5.95 Å². The highest BCUT2D eigenvalue weighted by Gasteiger charge is 2.54. The average molecular weight is 251 g/mol. The van der Waals surface area contributed by atoms with E-state index in [1.165, 1.54) is 6.07 Å². The van der Waals surface area contributed by atoms with Crippen molar-refractivity contribution >= 4 is 11.7 Å². The number of alkyl halides is 3. The first-order valence-corrected chi connectivity index (χ1v) is 4.44. The summed E-state index contributed by atoms with van der Waals surface area (Å²) < 4.78 is 49.8. The number of nitrogens with zero attached hydrogens (tertiary/aromatic N) is 1. The normalized spacial score (nSPS) is 15.2. The molecule has 0 aliphatic carbocycles. The molecule has 8 heteroatoms. The first-order valence-electron chi connectivity index (χ1n) is 4.44. The van der Waals surface area contributed by atoms with E-state index >= 15 is 0 Å². The Morgan fingerprint density at radius 3 is 2.47 bits per heavy atom. The highest BCUT2D eigenvalue weighted by atomic mass is 19.4. The van der Waals surface area contributed by atoms with Crippen LogP contribution >= 0.6 is 0 Å². The van der Waals surface area contributed by atoms with E-state index in [1.807, 2.05) is 0 Å². The van der Waals surface area contributed by atoms with Gasteiger partial charge in [-0.05, 0) is 19.1 Å². The second-order valence-electron chi connectivity index (χ2n) is 3.50. The molecule has 3 N–H and O–H groups in total. The van der Waals surface area contributed by atoms with Gasteiger partial charge in [0.15, 0.2) is 5.54 Å². The largest absolute Gasteiger partial charge is 0.415 e. The molecule has 0 saturated heterocycles. The second-order valence-corrected chi connectivity index (χ2v) is 3.50. The van der Waals surface area contributed by atoms with Crippen molar-refractivity contribution in [2.24, 2.45) is 5.73 Å². The molecule has 0 saturated carbocycles. The molecule has 17 heavy (non-hydrogen) atoms. The smallest absolute Gasteiger partial charge is 0.310 e. The molecule has 1 rings (SSSR count). The summed E-state index contributed by atoms with van der Waals surface area (Å²) in [5.41, 5.74) is 1.80. The maximum atomic E-state index is 12.6. The fourth-order valence-corrected chi connectivity index (χ4v) is 0.853. The number of hydrogen-bond acceptors (Lipinski definition) is 3. The molecule has 1 heterocycles. The minimum atomic E-state index is -4.91. The number of rotatable bonds is 2. The number of carbonyl (C=O) groups is 1. The maximum Gasteiger partial charge on any atom is 0.415 e. The fraction of sp³-hybridized carbons (Fsp3) is 0.333. The van der Waals surface area contributed by atoms with Crippen molar-refractivity contribution in [2.45, 2.75) is 18.6 Å². The van der Waals surface area contributed by atoms with Crippen LogP contribution in [0.15, 0.2) is 18.2 Å². The van der Waals surface area contributed by atoms with E-state index in [4.69, 9.17) is 5.73 Å². The van der Waals surface area contributed by atoms with Crippen LogP contribution in [0.5, 0.6) is 0 Å². The summed E-state index contributed by atoms with van der Waals surface area (Å²) in [5, 5.41) is 1.79. The van der Waals surface area contributed by atoms with Gasteiger partial charge in [0.25, 0.3) is 5.91 Å². The predicted molar refractivity (Wildman–Crippen MR) is 51.5 cm³/mol. The fourth-order valence-electron chi connectivity index (χ4n) is 0.853. The number of nitrogens with one attached hydrogen (secondary N) is 1. The van der Waals surface area contributed by atoms with Gasteiger partial charge in [-0.15, -0.1) is 0 Å². The molecule has 0 aliphatic rings. The van der Waals surface area contributed by atoms with Crippen molar-refractivity contribution in [1.29, 1.82) is 0 Å². The van der Waals surface area contributed by atoms with Crippen LogP contribution in [-0.2, 0) is 4.79 Å². The maximum absolute atomic E-state index is 12.6. The molecule has 94 valence electrons. The van der Waals surface area contributed by atoms with Crippen LogP contribution in [0.1, 0.15) is 6.92 Å². The molecular formula is C9H9F4N3O. The summed E-state index contributed by atoms with van der Waals surface area (Å²) in [4.78, 5) is 14.5. The summed E-state index contributed by atoms with van der Waals surface area (Å²) in [6.07, 6.45) is -4.91. The van der Waals surface area contributed by atoms with Gasteiger partial charge in [0.2, 0.25) is 5.95 Å². The number of carbonyl (C=O) groups excluding carboxylic acids is 1. The summed E-state index contributed by atoms with van der Waals surface area (Å²) in [5.74, 6) is -2.77. The number of aromatic nitrogens is 1. The Morgan fingerprint density at radius 1 is 1.41 bits per heavy atom. The Balaban J connectivity index is 2.87. The summed E-state index contributed by atoms with van der Waals surface area (Å²) in [6.45, 7) is 0.516. The van der Waals surface area contributed by atoms with E-state index in [1.54, 1.807) is 5.32 Å². The van der Waals surface area contributed by atoms with Gasteiger partial charge in [0, 0.05) is 0 Å². The van der Waals surface area contributed by atoms with Crippen molar-refractivity contribution in [2.75, 3.05) is 5.32 Å². The first kappa shape index (κ1) is 13.4. The predicted octanol–water partition coefficient (Wildman–Crippen LogP) is 1.44. The van der Waals surface area contributed by atoms with Crippen molar-refractivity contribution in [3.8, 4) is 0 Å². The molecule has 1 aromatic rings. The summed E-state index contributed by atoms with van der Waals surface area (Å²) in [7, 11) is 0. The average Bonchev–Trinajstić information content (AvgIpc) is 2.15. The molecule has 0 bridgehead atoms. The molecule has 1 atom stereocenters. The van der Waals surface area contributed by atoms with Gasteiger partial charge < -0.3 is 11.1 Å². The quantitative estimate of drug-likeness (QED) is 0.617. The van der Waals surface area contributed by atoms with Gasteiger partial charge in [-0.2, -0.15) is 17.6 Å². The molecule has 1 amide bonds. The summed E-state index contributed by atoms with van der Waals surface area (Å²) in [6, 6.07) is 3.33. The monoisotopic (exact) mass is 251 g/mol. The number of pyridine rings is 1. The molecule has 0 fully saturated rings. The number of halogens is 4.